The van der Waals surface area contributed by atoms with Crippen LogP contribution in [0.3, 0.4) is 0 Å². The fraction of sp³-hybridized carbons (Fsp3) is 0.250. The molecule has 64 valence electrons. The normalized spacial score (nSPS) is 9.75. The molecule has 0 fully saturated rings. The second kappa shape index (κ2) is 5.00. The lowest BCUT2D eigenvalue weighted by Gasteiger charge is -2.01. The van der Waals surface area contributed by atoms with Crippen molar-refractivity contribution in [3.63, 3.8) is 0 Å². The Morgan fingerprint density at radius 2 is 2.17 bits per heavy atom. The average Bonchev–Trinajstić information content (AvgIpc) is 2.05. The molecule has 0 atom stereocenters. The molecule has 0 amide bonds. The zero-order chi connectivity index (χ0) is 8.81. The van der Waals surface area contributed by atoms with Crippen molar-refractivity contribution in [2.24, 2.45) is 0 Å². The lowest BCUT2D eigenvalue weighted by atomic mass is 10.3. The first-order valence-corrected chi connectivity index (χ1v) is 4.36. The third-order valence-electron chi connectivity index (χ3n) is 1.26. The van der Waals surface area contributed by atoms with Crippen LogP contribution in [0.2, 0.25) is 0 Å². The number of nitrogens with one attached hydrogen (secondary N) is 1. The quantitative estimate of drug-likeness (QED) is 0.847. The predicted molar refractivity (Wildman–Crippen MR) is 51.8 cm³/mol. The van der Waals surface area contributed by atoms with Crippen LogP contribution < -0.4 is 5.32 Å². The standard InChI is InChI=1S/C8H10BrN3/c1-7(9)2-10-3-8-4-11-6-12-5-8/h4-6,10H,1-3H2. The molecular formula is C8H10BrN3. The summed E-state index contributed by atoms with van der Waals surface area (Å²) in [5.41, 5.74) is 1.08. The first kappa shape index (κ1) is 9.35. The van der Waals surface area contributed by atoms with E-state index in [0.717, 1.165) is 23.1 Å². The minimum absolute atomic E-state index is 0.759. The number of aromatic nitrogens is 2. The van der Waals surface area contributed by atoms with Gasteiger partial charge in [0.15, 0.2) is 0 Å². The summed E-state index contributed by atoms with van der Waals surface area (Å²) in [6.07, 6.45) is 5.10. The summed E-state index contributed by atoms with van der Waals surface area (Å²) in [5, 5.41) is 3.17. The van der Waals surface area contributed by atoms with Crippen LogP contribution in [0.4, 0.5) is 0 Å². The Morgan fingerprint density at radius 3 is 2.75 bits per heavy atom. The predicted octanol–water partition coefficient (Wildman–Crippen LogP) is 1.47. The molecule has 1 rings (SSSR count). The Bertz CT molecular complexity index is 248. The van der Waals surface area contributed by atoms with Gasteiger partial charge in [-0.3, -0.25) is 0 Å². The summed E-state index contributed by atoms with van der Waals surface area (Å²) in [6, 6.07) is 0. The molecule has 0 aromatic carbocycles. The zero-order valence-corrected chi connectivity index (χ0v) is 8.21. The summed E-state index contributed by atoms with van der Waals surface area (Å²) in [4.78, 5) is 7.79. The highest BCUT2D eigenvalue weighted by atomic mass is 79.9. The summed E-state index contributed by atoms with van der Waals surface area (Å²) >= 11 is 3.26. The van der Waals surface area contributed by atoms with Crippen LogP contribution in [-0.2, 0) is 6.54 Å². The van der Waals surface area contributed by atoms with Crippen LogP contribution >= 0.6 is 15.9 Å². The van der Waals surface area contributed by atoms with E-state index in [1.54, 1.807) is 12.4 Å². The Morgan fingerprint density at radius 1 is 1.50 bits per heavy atom. The van der Waals surface area contributed by atoms with Crippen molar-refractivity contribution in [3.05, 3.63) is 35.3 Å². The Labute approximate surface area is 80.1 Å². The maximum atomic E-state index is 3.90. The molecule has 1 aromatic rings. The van der Waals surface area contributed by atoms with Crippen LogP contribution in [0.1, 0.15) is 5.56 Å². The molecule has 0 spiro atoms. The fourth-order valence-electron chi connectivity index (χ4n) is 0.764. The van der Waals surface area contributed by atoms with Crippen LogP contribution in [0, 0.1) is 0 Å². The van der Waals surface area contributed by atoms with E-state index >= 15 is 0 Å². The van der Waals surface area contributed by atoms with Gasteiger partial charge in [0.25, 0.3) is 0 Å². The van der Waals surface area contributed by atoms with Crippen molar-refractivity contribution < 1.29 is 0 Å². The molecule has 0 unspecified atom stereocenters. The lowest BCUT2D eigenvalue weighted by Crippen LogP contribution is -2.14. The molecule has 0 bridgehead atoms. The maximum absolute atomic E-state index is 3.90. The van der Waals surface area contributed by atoms with Gasteiger partial charge in [-0.1, -0.05) is 22.5 Å². The second-order valence-corrected chi connectivity index (χ2v) is 3.49. The van der Waals surface area contributed by atoms with Crippen LogP contribution in [-0.4, -0.2) is 16.5 Å². The van der Waals surface area contributed by atoms with Crippen molar-refractivity contribution in [1.82, 2.24) is 15.3 Å². The number of hydrogen-bond acceptors (Lipinski definition) is 3. The van der Waals surface area contributed by atoms with Crippen molar-refractivity contribution >= 4 is 15.9 Å². The zero-order valence-electron chi connectivity index (χ0n) is 6.63. The molecule has 0 radical (unpaired) electrons. The third-order valence-corrected chi connectivity index (χ3v) is 1.54. The fourth-order valence-corrected chi connectivity index (χ4v) is 0.962. The van der Waals surface area contributed by atoms with Crippen molar-refractivity contribution in [2.75, 3.05) is 6.54 Å². The Balaban J connectivity index is 2.29. The molecule has 0 aliphatic rings. The third kappa shape index (κ3) is 3.59. The topological polar surface area (TPSA) is 37.8 Å². The highest BCUT2D eigenvalue weighted by molar-refractivity contribution is 9.11. The first-order valence-electron chi connectivity index (χ1n) is 3.57. The largest absolute Gasteiger partial charge is 0.308 e. The number of hydrogen-bond donors (Lipinski definition) is 1. The highest BCUT2D eigenvalue weighted by Gasteiger charge is 1.91. The van der Waals surface area contributed by atoms with E-state index < -0.39 is 0 Å². The Kier molecular flexibility index (Phi) is 3.90. The van der Waals surface area contributed by atoms with Gasteiger partial charge in [0.2, 0.25) is 0 Å². The van der Waals surface area contributed by atoms with Crippen LogP contribution in [0.5, 0.6) is 0 Å². The molecule has 4 heteroatoms. The van der Waals surface area contributed by atoms with E-state index in [1.807, 2.05) is 0 Å². The summed E-state index contributed by atoms with van der Waals surface area (Å²) in [5.74, 6) is 0. The van der Waals surface area contributed by atoms with Crippen molar-refractivity contribution in [3.8, 4) is 0 Å². The molecule has 1 aromatic heterocycles. The minimum atomic E-state index is 0.759. The number of halogens is 1. The maximum Gasteiger partial charge on any atom is 0.115 e. The molecule has 12 heavy (non-hydrogen) atoms. The second-order valence-electron chi connectivity index (χ2n) is 2.37. The lowest BCUT2D eigenvalue weighted by molar-refractivity contribution is 0.750. The van der Waals surface area contributed by atoms with Gasteiger partial charge in [-0.25, -0.2) is 9.97 Å². The molecule has 1 N–H and O–H groups in total. The van der Waals surface area contributed by atoms with E-state index in [2.05, 4.69) is 37.8 Å². The first-order chi connectivity index (χ1) is 5.79. The minimum Gasteiger partial charge on any atom is -0.308 e. The van der Waals surface area contributed by atoms with Crippen molar-refractivity contribution in [1.29, 1.82) is 0 Å². The van der Waals surface area contributed by atoms with Gasteiger partial charge in [-0.05, 0) is 0 Å². The van der Waals surface area contributed by atoms with Gasteiger partial charge >= 0.3 is 0 Å². The summed E-state index contributed by atoms with van der Waals surface area (Å²) < 4.78 is 0.944. The number of nitrogens with zero attached hydrogens (tertiary/aromatic N) is 2. The van der Waals surface area contributed by atoms with Crippen LogP contribution in [0.25, 0.3) is 0 Å². The van der Waals surface area contributed by atoms with Crippen LogP contribution in [0.15, 0.2) is 29.8 Å². The number of rotatable bonds is 4. The molecule has 1 heterocycles. The molecule has 3 nitrogen and oxygen atoms in total. The summed E-state index contributed by atoms with van der Waals surface area (Å²) in [7, 11) is 0. The van der Waals surface area contributed by atoms with E-state index in [4.69, 9.17) is 0 Å². The van der Waals surface area contributed by atoms with E-state index in [1.165, 1.54) is 6.33 Å². The SMILES string of the molecule is C=C(Br)CNCc1cncnc1. The van der Waals surface area contributed by atoms with E-state index in [9.17, 15) is 0 Å². The monoisotopic (exact) mass is 227 g/mol. The molecule has 0 saturated heterocycles. The van der Waals surface area contributed by atoms with Gasteiger partial charge in [0.1, 0.15) is 6.33 Å². The highest BCUT2D eigenvalue weighted by Crippen LogP contribution is 1.98. The smallest absolute Gasteiger partial charge is 0.115 e. The molecule has 0 aliphatic carbocycles. The van der Waals surface area contributed by atoms with Gasteiger partial charge < -0.3 is 5.32 Å². The van der Waals surface area contributed by atoms with E-state index in [0.29, 0.717) is 0 Å². The molecule has 0 saturated carbocycles. The van der Waals surface area contributed by atoms with Gasteiger partial charge in [0, 0.05) is 35.5 Å². The van der Waals surface area contributed by atoms with Crippen molar-refractivity contribution in [2.45, 2.75) is 6.54 Å². The Hall–Kier alpha value is -0.740. The average molecular weight is 228 g/mol. The molecule has 0 aliphatic heterocycles. The van der Waals surface area contributed by atoms with Gasteiger partial charge in [-0.2, -0.15) is 0 Å². The summed E-state index contributed by atoms with van der Waals surface area (Å²) in [6.45, 7) is 5.24. The molecular weight excluding hydrogens is 218 g/mol. The van der Waals surface area contributed by atoms with Gasteiger partial charge in [-0.15, -0.1) is 0 Å². The van der Waals surface area contributed by atoms with Gasteiger partial charge in [0.05, 0.1) is 0 Å². The van der Waals surface area contributed by atoms with E-state index in [-0.39, 0.29) is 0 Å².